The average Bonchev–Trinajstić information content (AvgIpc) is 3.07. The van der Waals surface area contributed by atoms with Gasteiger partial charge in [-0.15, -0.1) is 0 Å². The number of nitrogens with two attached hydrogens (primary N) is 1. The van der Waals surface area contributed by atoms with Crippen molar-refractivity contribution >= 4 is 8.80 Å². The Balaban J connectivity index is 1.38. The zero-order valence-electron chi connectivity index (χ0n) is 25.5. The highest BCUT2D eigenvalue weighted by molar-refractivity contribution is 6.60. The second kappa shape index (κ2) is 23.4. The van der Waals surface area contributed by atoms with Gasteiger partial charge in [0.2, 0.25) is 0 Å². The van der Waals surface area contributed by atoms with Crippen LogP contribution in [-0.2, 0) is 27.5 Å². The summed E-state index contributed by atoms with van der Waals surface area (Å²) in [6.45, 7) is 5.25. The summed E-state index contributed by atoms with van der Waals surface area (Å²) >= 11 is 0. The van der Waals surface area contributed by atoms with Crippen LogP contribution in [0.3, 0.4) is 0 Å². The zero-order chi connectivity index (χ0) is 30.8. The van der Waals surface area contributed by atoms with E-state index in [9.17, 15) is 0 Å². The van der Waals surface area contributed by atoms with Crippen LogP contribution in [0.15, 0.2) is 91.0 Å². The molecule has 0 aliphatic heterocycles. The highest BCUT2D eigenvalue weighted by atomic mass is 28.4. The number of ether oxygens (including phenoxy) is 6. The monoisotopic (exact) mass is 629 g/mol. The number of hydrogen-bond donors (Lipinski definition) is 1. The van der Waals surface area contributed by atoms with Gasteiger partial charge in [0, 0.05) is 6.04 Å². The largest absolute Gasteiger partial charge is 0.501 e. The van der Waals surface area contributed by atoms with E-state index in [1.54, 1.807) is 0 Å². The maximum atomic E-state index is 6.28. The third-order valence-electron chi connectivity index (χ3n) is 6.05. The van der Waals surface area contributed by atoms with Crippen LogP contribution in [0, 0.1) is 0 Å². The Hall–Kier alpha value is -3.00. The molecule has 0 unspecified atom stereocenters. The van der Waals surface area contributed by atoms with Gasteiger partial charge in [-0.25, -0.2) is 0 Å². The Morgan fingerprint density at radius 2 is 0.727 bits per heavy atom. The molecule has 3 aromatic carbocycles. The molecule has 11 heteroatoms. The summed E-state index contributed by atoms with van der Waals surface area (Å²) in [4.78, 5) is 0. The quantitative estimate of drug-likeness (QED) is 0.0949. The lowest BCUT2D eigenvalue weighted by molar-refractivity contribution is -0.00541. The van der Waals surface area contributed by atoms with Crippen molar-refractivity contribution in [2.45, 2.75) is 12.5 Å². The number of hydrogen-bond acceptors (Lipinski definition) is 10. The van der Waals surface area contributed by atoms with E-state index in [0.717, 1.165) is 17.2 Å². The molecule has 0 heterocycles. The number of rotatable bonds is 27. The molecule has 0 aromatic heterocycles. The van der Waals surface area contributed by atoms with Crippen LogP contribution < -0.4 is 19.9 Å². The van der Waals surface area contributed by atoms with Crippen molar-refractivity contribution in [3.05, 3.63) is 91.0 Å². The molecule has 0 aliphatic carbocycles. The second-order valence-electron chi connectivity index (χ2n) is 9.44. The van der Waals surface area contributed by atoms with E-state index in [-0.39, 0.29) is 0 Å². The summed E-state index contributed by atoms with van der Waals surface area (Å²) in [6.07, 6.45) is 0.704. The van der Waals surface area contributed by atoms with E-state index in [1.807, 2.05) is 91.0 Å². The first-order valence-corrected chi connectivity index (χ1v) is 17.1. The van der Waals surface area contributed by atoms with E-state index in [0.29, 0.717) is 98.3 Å². The smallest absolute Gasteiger partial charge is 0.491 e. The van der Waals surface area contributed by atoms with E-state index >= 15 is 0 Å². The Bertz CT molecular complexity index is 937. The van der Waals surface area contributed by atoms with Crippen molar-refractivity contribution in [2.75, 3.05) is 85.8 Å². The minimum Gasteiger partial charge on any atom is -0.491 e. The maximum Gasteiger partial charge on any atom is 0.501 e. The van der Waals surface area contributed by atoms with Gasteiger partial charge in [-0.2, -0.15) is 0 Å². The third kappa shape index (κ3) is 16.2. The minimum atomic E-state index is -3.09. The topological polar surface area (TPSA) is 109 Å². The minimum absolute atomic E-state index is 0.319. The normalized spacial score (nSPS) is 11.4. The molecule has 3 rings (SSSR count). The van der Waals surface area contributed by atoms with Crippen LogP contribution in [0.5, 0.6) is 17.2 Å². The van der Waals surface area contributed by atoms with Crippen molar-refractivity contribution in [1.82, 2.24) is 0 Å². The predicted molar refractivity (Wildman–Crippen MR) is 170 cm³/mol. The van der Waals surface area contributed by atoms with E-state index < -0.39 is 8.80 Å². The molecular formula is C33H47NO9Si. The summed E-state index contributed by atoms with van der Waals surface area (Å²) in [5, 5.41) is 0. The Morgan fingerprint density at radius 1 is 0.409 bits per heavy atom. The summed E-state index contributed by atoms with van der Waals surface area (Å²) in [7, 11) is -3.09. The lowest BCUT2D eigenvalue weighted by Gasteiger charge is -2.30. The molecule has 0 fully saturated rings. The van der Waals surface area contributed by atoms with Crippen LogP contribution in [-0.4, -0.2) is 94.6 Å². The molecule has 3 aromatic rings. The molecule has 0 spiro atoms. The molecule has 2 N–H and O–H groups in total. The Morgan fingerprint density at radius 3 is 1.05 bits per heavy atom. The average molecular weight is 630 g/mol. The highest BCUT2D eigenvalue weighted by Crippen LogP contribution is 2.18. The molecule has 10 nitrogen and oxygen atoms in total. The van der Waals surface area contributed by atoms with Crippen molar-refractivity contribution in [2.24, 2.45) is 5.73 Å². The SMILES string of the molecule is NCCC[Si](OCCOCCOc1ccccc1)(OCCOCCOc1ccccc1)OCCOCCOc1ccccc1. The van der Waals surface area contributed by atoms with Gasteiger partial charge in [-0.1, -0.05) is 54.6 Å². The Kier molecular flexibility index (Phi) is 18.9. The maximum absolute atomic E-state index is 6.28. The third-order valence-corrected chi connectivity index (χ3v) is 8.95. The first-order chi connectivity index (χ1) is 21.8. The van der Waals surface area contributed by atoms with Gasteiger partial charge in [0.25, 0.3) is 0 Å². The summed E-state index contributed by atoms with van der Waals surface area (Å²) < 4.78 is 53.1. The summed E-state index contributed by atoms with van der Waals surface area (Å²) in [6, 6.07) is 29.5. The van der Waals surface area contributed by atoms with Gasteiger partial charge in [0.05, 0.1) is 59.5 Å². The van der Waals surface area contributed by atoms with Gasteiger partial charge in [0.15, 0.2) is 0 Å². The van der Waals surface area contributed by atoms with Gasteiger partial charge in [-0.05, 0) is 49.4 Å². The van der Waals surface area contributed by atoms with Gasteiger partial charge >= 0.3 is 8.80 Å². The Labute approximate surface area is 262 Å². The van der Waals surface area contributed by atoms with Crippen molar-refractivity contribution in [1.29, 1.82) is 0 Å². The van der Waals surface area contributed by atoms with Crippen LogP contribution in [0.1, 0.15) is 6.42 Å². The van der Waals surface area contributed by atoms with Crippen LogP contribution in [0.25, 0.3) is 0 Å². The van der Waals surface area contributed by atoms with Crippen LogP contribution in [0.2, 0.25) is 6.04 Å². The predicted octanol–water partition coefficient (Wildman–Crippen LogP) is 4.61. The second-order valence-corrected chi connectivity index (χ2v) is 12.2. The van der Waals surface area contributed by atoms with E-state index in [1.165, 1.54) is 0 Å². The standard InChI is InChI=1S/C33H47NO9Si/c34-17-10-30-44(41-27-21-35-18-24-38-31-11-4-1-5-12-31,42-28-22-36-19-25-39-32-13-6-2-7-14-32)43-29-23-37-20-26-40-33-15-8-3-9-16-33/h1-9,11-16H,10,17-30,34H2. The lowest BCUT2D eigenvalue weighted by atomic mass is 10.3. The molecule has 0 saturated heterocycles. The molecule has 0 atom stereocenters. The fourth-order valence-corrected chi connectivity index (χ4v) is 6.44. The van der Waals surface area contributed by atoms with E-state index in [2.05, 4.69) is 0 Å². The summed E-state index contributed by atoms with van der Waals surface area (Å²) in [5.74, 6) is 2.43. The van der Waals surface area contributed by atoms with Crippen molar-refractivity contribution in [3.8, 4) is 17.2 Å². The molecule has 0 bridgehead atoms. The lowest BCUT2D eigenvalue weighted by Crippen LogP contribution is -2.48. The van der Waals surface area contributed by atoms with Crippen molar-refractivity contribution < 1.29 is 41.7 Å². The molecule has 0 saturated carbocycles. The van der Waals surface area contributed by atoms with Crippen LogP contribution >= 0.6 is 0 Å². The molecule has 0 amide bonds. The molecule has 44 heavy (non-hydrogen) atoms. The molecular weight excluding hydrogens is 582 g/mol. The fourth-order valence-electron chi connectivity index (χ4n) is 3.94. The zero-order valence-corrected chi connectivity index (χ0v) is 26.5. The molecule has 242 valence electrons. The number of para-hydroxylation sites is 3. The van der Waals surface area contributed by atoms with Gasteiger partial charge < -0.3 is 47.4 Å². The van der Waals surface area contributed by atoms with Crippen molar-refractivity contribution in [3.63, 3.8) is 0 Å². The highest BCUT2D eigenvalue weighted by Gasteiger charge is 2.40. The fraction of sp³-hybridized carbons (Fsp3) is 0.455. The molecule has 0 aliphatic rings. The number of benzene rings is 3. The van der Waals surface area contributed by atoms with Gasteiger partial charge in [0.1, 0.15) is 37.1 Å². The van der Waals surface area contributed by atoms with Gasteiger partial charge in [-0.3, -0.25) is 0 Å². The molecule has 0 radical (unpaired) electrons. The van der Waals surface area contributed by atoms with E-state index in [4.69, 9.17) is 47.4 Å². The first kappa shape index (κ1) is 35.5. The summed E-state index contributed by atoms with van der Waals surface area (Å²) in [5.41, 5.74) is 5.85. The van der Waals surface area contributed by atoms with Crippen LogP contribution in [0.4, 0.5) is 0 Å². The first-order valence-electron chi connectivity index (χ1n) is 15.2.